The first kappa shape index (κ1) is 15.2. The summed E-state index contributed by atoms with van der Waals surface area (Å²) in [4.78, 5) is 25.3. The maximum Gasteiger partial charge on any atom is 0.316 e. The maximum atomic E-state index is 12.1. The second-order valence-corrected chi connectivity index (χ2v) is 4.35. The first-order valence-corrected chi connectivity index (χ1v) is 6.85. The number of hydrogen-bond donors (Lipinski definition) is 1. The molecule has 0 unspecified atom stereocenters. The lowest BCUT2D eigenvalue weighted by atomic mass is 10.2. The first-order valence-electron chi connectivity index (χ1n) is 6.85. The molecule has 0 bridgehead atoms. The van der Waals surface area contributed by atoms with E-state index < -0.39 is 11.8 Å². The van der Waals surface area contributed by atoms with Crippen molar-refractivity contribution in [1.29, 1.82) is 0 Å². The summed E-state index contributed by atoms with van der Waals surface area (Å²) in [6.07, 6.45) is 3.06. The zero-order valence-electron chi connectivity index (χ0n) is 11.7. The van der Waals surface area contributed by atoms with E-state index in [0.717, 1.165) is 24.9 Å². The Labute approximate surface area is 114 Å². The Bertz CT molecular complexity index is 404. The number of rotatable bonds is 6. The van der Waals surface area contributed by atoms with Gasteiger partial charge in [-0.05, 0) is 25.5 Å². The maximum absolute atomic E-state index is 12.1. The lowest BCUT2D eigenvalue weighted by molar-refractivity contribution is -0.137. The van der Waals surface area contributed by atoms with Gasteiger partial charge >= 0.3 is 11.8 Å². The number of para-hydroxylation sites is 1. The zero-order valence-corrected chi connectivity index (χ0v) is 11.7. The summed E-state index contributed by atoms with van der Waals surface area (Å²) in [6.45, 7) is 4.99. The lowest BCUT2D eigenvalue weighted by Crippen LogP contribution is -2.43. The predicted molar refractivity (Wildman–Crippen MR) is 77.0 cm³/mol. The van der Waals surface area contributed by atoms with Crippen LogP contribution in [-0.2, 0) is 9.59 Å². The summed E-state index contributed by atoms with van der Waals surface area (Å²) in [6, 6.07) is 9.24. The van der Waals surface area contributed by atoms with Gasteiger partial charge in [-0.3, -0.25) is 9.59 Å². The average Bonchev–Trinajstić information content (AvgIpc) is 2.45. The summed E-state index contributed by atoms with van der Waals surface area (Å²) in [5, 5.41) is 2.67. The van der Waals surface area contributed by atoms with E-state index in [4.69, 9.17) is 0 Å². The molecule has 2 amide bonds. The fourth-order valence-electron chi connectivity index (χ4n) is 1.83. The number of anilines is 1. The van der Waals surface area contributed by atoms with Crippen LogP contribution in [0, 0.1) is 0 Å². The molecule has 0 heterocycles. The molecule has 19 heavy (non-hydrogen) atoms. The molecule has 0 fully saturated rings. The van der Waals surface area contributed by atoms with Gasteiger partial charge in [0.05, 0.1) is 0 Å². The Morgan fingerprint density at radius 1 is 1.11 bits per heavy atom. The Morgan fingerprint density at radius 3 is 2.37 bits per heavy atom. The number of likely N-dealkylation sites (N-methyl/N-ethyl adjacent to an activating group) is 1. The zero-order chi connectivity index (χ0) is 14.1. The molecule has 104 valence electrons. The SMILES string of the molecule is CCCCCNC(=O)C(=O)N(CC)c1ccccc1. The Morgan fingerprint density at radius 2 is 1.79 bits per heavy atom. The minimum Gasteiger partial charge on any atom is -0.348 e. The third kappa shape index (κ3) is 4.73. The van der Waals surface area contributed by atoms with E-state index in [1.807, 2.05) is 37.3 Å². The number of carbonyl (C=O) groups excluding carboxylic acids is 2. The Kier molecular flexibility index (Phi) is 6.64. The fourth-order valence-corrected chi connectivity index (χ4v) is 1.83. The third-order valence-electron chi connectivity index (χ3n) is 2.89. The summed E-state index contributed by atoms with van der Waals surface area (Å²) >= 11 is 0. The molecule has 0 spiro atoms. The van der Waals surface area contributed by atoms with Crippen LogP contribution in [0.4, 0.5) is 5.69 Å². The summed E-state index contributed by atoms with van der Waals surface area (Å²) < 4.78 is 0. The molecule has 0 atom stereocenters. The highest BCUT2D eigenvalue weighted by Gasteiger charge is 2.21. The van der Waals surface area contributed by atoms with Crippen LogP contribution in [0.3, 0.4) is 0 Å². The van der Waals surface area contributed by atoms with Gasteiger partial charge in [-0.25, -0.2) is 0 Å². The first-order chi connectivity index (χ1) is 9.20. The van der Waals surface area contributed by atoms with Crippen LogP contribution in [0.25, 0.3) is 0 Å². The molecule has 0 aliphatic heterocycles. The van der Waals surface area contributed by atoms with Crippen LogP contribution in [0.15, 0.2) is 30.3 Å². The van der Waals surface area contributed by atoms with E-state index in [2.05, 4.69) is 12.2 Å². The van der Waals surface area contributed by atoms with E-state index >= 15 is 0 Å². The number of amides is 2. The molecule has 0 aliphatic rings. The van der Waals surface area contributed by atoms with Gasteiger partial charge in [0.15, 0.2) is 0 Å². The van der Waals surface area contributed by atoms with Gasteiger partial charge in [0.1, 0.15) is 0 Å². The van der Waals surface area contributed by atoms with E-state index in [-0.39, 0.29) is 0 Å². The number of unbranched alkanes of at least 4 members (excludes halogenated alkanes) is 2. The molecule has 0 saturated carbocycles. The van der Waals surface area contributed by atoms with Crippen LogP contribution >= 0.6 is 0 Å². The molecule has 4 nitrogen and oxygen atoms in total. The quantitative estimate of drug-likeness (QED) is 0.632. The predicted octanol–water partition coefficient (Wildman–Crippen LogP) is 2.35. The lowest BCUT2D eigenvalue weighted by Gasteiger charge is -2.20. The minimum atomic E-state index is -0.526. The largest absolute Gasteiger partial charge is 0.348 e. The summed E-state index contributed by atoms with van der Waals surface area (Å²) in [5.74, 6) is -1.02. The van der Waals surface area contributed by atoms with Gasteiger partial charge in [-0.2, -0.15) is 0 Å². The molecule has 1 N–H and O–H groups in total. The van der Waals surface area contributed by atoms with Gasteiger partial charge in [-0.15, -0.1) is 0 Å². The number of benzene rings is 1. The minimum absolute atomic E-state index is 0.477. The monoisotopic (exact) mass is 262 g/mol. The van der Waals surface area contributed by atoms with E-state index in [0.29, 0.717) is 13.1 Å². The van der Waals surface area contributed by atoms with Crippen LogP contribution in [0.1, 0.15) is 33.1 Å². The molecule has 0 saturated heterocycles. The van der Waals surface area contributed by atoms with E-state index in [1.54, 1.807) is 0 Å². The number of nitrogens with one attached hydrogen (secondary N) is 1. The molecular weight excluding hydrogens is 240 g/mol. The third-order valence-corrected chi connectivity index (χ3v) is 2.89. The highest BCUT2D eigenvalue weighted by molar-refractivity contribution is 6.40. The van der Waals surface area contributed by atoms with Gasteiger partial charge < -0.3 is 10.2 Å². The van der Waals surface area contributed by atoms with Crippen molar-refractivity contribution in [2.24, 2.45) is 0 Å². The highest BCUT2D eigenvalue weighted by atomic mass is 16.2. The van der Waals surface area contributed by atoms with Crippen molar-refractivity contribution in [1.82, 2.24) is 5.32 Å². The van der Waals surface area contributed by atoms with Crippen LogP contribution < -0.4 is 10.2 Å². The van der Waals surface area contributed by atoms with Crippen LogP contribution in [0.2, 0.25) is 0 Å². The fraction of sp³-hybridized carbons (Fsp3) is 0.467. The standard InChI is InChI=1S/C15H22N2O2/c1-3-5-9-12-16-14(18)15(19)17(4-2)13-10-7-6-8-11-13/h6-8,10-11H,3-5,9,12H2,1-2H3,(H,16,18). The van der Waals surface area contributed by atoms with Crippen molar-refractivity contribution in [2.75, 3.05) is 18.0 Å². The van der Waals surface area contributed by atoms with Crippen molar-refractivity contribution >= 4 is 17.5 Å². The van der Waals surface area contributed by atoms with E-state index in [9.17, 15) is 9.59 Å². The normalized spacial score (nSPS) is 10.0. The van der Waals surface area contributed by atoms with Crippen molar-refractivity contribution in [3.8, 4) is 0 Å². The van der Waals surface area contributed by atoms with Crippen LogP contribution in [0.5, 0.6) is 0 Å². The van der Waals surface area contributed by atoms with Crippen molar-refractivity contribution in [3.05, 3.63) is 30.3 Å². The Hall–Kier alpha value is -1.84. The molecule has 0 aromatic heterocycles. The topological polar surface area (TPSA) is 49.4 Å². The number of carbonyl (C=O) groups is 2. The molecular formula is C15H22N2O2. The number of nitrogens with zero attached hydrogens (tertiary/aromatic N) is 1. The highest BCUT2D eigenvalue weighted by Crippen LogP contribution is 2.12. The van der Waals surface area contributed by atoms with Gasteiger partial charge in [-0.1, -0.05) is 38.0 Å². The molecule has 0 radical (unpaired) electrons. The van der Waals surface area contributed by atoms with Gasteiger partial charge in [0, 0.05) is 18.8 Å². The van der Waals surface area contributed by atoms with Crippen molar-refractivity contribution in [2.45, 2.75) is 33.1 Å². The molecule has 1 aromatic carbocycles. The molecule has 4 heteroatoms. The second kappa shape index (κ2) is 8.29. The van der Waals surface area contributed by atoms with Gasteiger partial charge in [0.25, 0.3) is 0 Å². The summed E-state index contributed by atoms with van der Waals surface area (Å²) in [5.41, 5.74) is 0.749. The van der Waals surface area contributed by atoms with Crippen molar-refractivity contribution < 1.29 is 9.59 Å². The molecule has 0 aliphatic carbocycles. The number of hydrogen-bond acceptors (Lipinski definition) is 2. The second-order valence-electron chi connectivity index (χ2n) is 4.35. The average molecular weight is 262 g/mol. The van der Waals surface area contributed by atoms with Gasteiger partial charge in [0.2, 0.25) is 0 Å². The van der Waals surface area contributed by atoms with Crippen LogP contribution in [-0.4, -0.2) is 24.9 Å². The Balaban J connectivity index is 2.56. The molecule has 1 aromatic rings. The van der Waals surface area contributed by atoms with E-state index in [1.165, 1.54) is 4.90 Å². The smallest absolute Gasteiger partial charge is 0.316 e. The molecule has 1 rings (SSSR count). The summed E-state index contributed by atoms with van der Waals surface area (Å²) in [7, 11) is 0. The van der Waals surface area contributed by atoms with Crippen molar-refractivity contribution in [3.63, 3.8) is 0 Å².